The van der Waals surface area contributed by atoms with E-state index in [0.717, 1.165) is 53.6 Å². The first-order chi connectivity index (χ1) is 15.6. The fourth-order valence-electron chi connectivity index (χ4n) is 4.56. The molecule has 0 N–H and O–H groups in total. The van der Waals surface area contributed by atoms with Crippen LogP contribution in [-0.4, -0.2) is 20.9 Å². The highest BCUT2D eigenvalue weighted by atomic mass is 32.2. The molecule has 2 atom stereocenters. The molecule has 0 aromatic heterocycles. The zero-order valence-electron chi connectivity index (χ0n) is 17.9. The zero-order chi connectivity index (χ0) is 22.2. The molecule has 4 heteroatoms. The summed E-state index contributed by atoms with van der Waals surface area (Å²) in [4.78, 5) is 1.65. The maximum Gasteiger partial charge on any atom is 0.0504 e. The van der Waals surface area contributed by atoms with Gasteiger partial charge in [-0.05, 0) is 55.9 Å². The van der Waals surface area contributed by atoms with Crippen LogP contribution in [0.1, 0.15) is 0 Å². The van der Waals surface area contributed by atoms with Gasteiger partial charge in [0.2, 0.25) is 0 Å². The molecule has 0 fully saturated rings. The monoisotopic (exact) mass is 454 g/mol. The minimum absolute atomic E-state index is 0.825. The average Bonchev–Trinajstić information content (AvgIpc) is 2.82. The van der Waals surface area contributed by atoms with Crippen molar-refractivity contribution >= 4 is 43.1 Å². The van der Waals surface area contributed by atoms with Gasteiger partial charge in [0.15, 0.2) is 0 Å². The number of benzene rings is 5. The first kappa shape index (κ1) is 20.8. The maximum absolute atomic E-state index is 12.6. The van der Waals surface area contributed by atoms with E-state index in [-0.39, 0.29) is 0 Å². The van der Waals surface area contributed by atoms with Crippen molar-refractivity contribution in [1.82, 2.24) is 0 Å². The molecule has 0 aliphatic carbocycles. The number of hydrogen-bond acceptors (Lipinski definition) is 2. The molecule has 0 bridgehead atoms. The molecule has 0 heterocycles. The van der Waals surface area contributed by atoms with Crippen LogP contribution in [0.4, 0.5) is 0 Å². The minimum Gasteiger partial charge on any atom is -0.255 e. The van der Waals surface area contributed by atoms with E-state index in [0.29, 0.717) is 0 Å². The van der Waals surface area contributed by atoms with Gasteiger partial charge in [-0.15, -0.1) is 0 Å². The first-order valence-electron chi connectivity index (χ1n) is 10.4. The van der Waals surface area contributed by atoms with Crippen molar-refractivity contribution in [1.29, 1.82) is 0 Å². The summed E-state index contributed by atoms with van der Waals surface area (Å²) in [6, 6.07) is 32.5. The third-order valence-corrected chi connectivity index (χ3v) is 7.81. The van der Waals surface area contributed by atoms with Crippen molar-refractivity contribution in [3.05, 3.63) is 97.1 Å². The maximum atomic E-state index is 12.6. The van der Waals surface area contributed by atoms with Gasteiger partial charge in [-0.25, -0.2) is 0 Å². The Morgan fingerprint density at radius 1 is 0.438 bits per heavy atom. The van der Waals surface area contributed by atoms with E-state index >= 15 is 0 Å². The lowest BCUT2D eigenvalue weighted by molar-refractivity contribution is 0.686. The third-order valence-electron chi connectivity index (χ3n) is 5.86. The van der Waals surface area contributed by atoms with Gasteiger partial charge in [0.05, 0.1) is 21.6 Å². The zero-order valence-corrected chi connectivity index (χ0v) is 19.5. The lowest BCUT2D eigenvalue weighted by atomic mass is 9.86. The number of fused-ring (bicyclic) bond motifs is 2. The fourth-order valence-corrected chi connectivity index (χ4v) is 6.06. The molecule has 5 rings (SSSR count). The molecule has 0 spiro atoms. The summed E-state index contributed by atoms with van der Waals surface area (Å²) in [6.45, 7) is 0. The van der Waals surface area contributed by atoms with Gasteiger partial charge in [0.25, 0.3) is 0 Å². The molecule has 0 amide bonds. The van der Waals surface area contributed by atoms with Gasteiger partial charge >= 0.3 is 0 Å². The van der Waals surface area contributed by atoms with Gasteiger partial charge in [0.1, 0.15) is 0 Å². The van der Waals surface area contributed by atoms with Crippen LogP contribution in [0.3, 0.4) is 0 Å². The highest BCUT2D eigenvalue weighted by Gasteiger charge is 2.20. The van der Waals surface area contributed by atoms with E-state index in [1.807, 2.05) is 60.7 Å². The molecule has 0 saturated heterocycles. The summed E-state index contributed by atoms with van der Waals surface area (Å²) < 4.78 is 25.2. The average molecular weight is 455 g/mol. The Kier molecular flexibility index (Phi) is 5.50. The molecule has 32 heavy (non-hydrogen) atoms. The number of hydrogen-bond donors (Lipinski definition) is 0. The molecule has 5 aromatic carbocycles. The second kappa shape index (κ2) is 8.45. The standard InChI is InChI=1S/C28H22O2S2/c1-31(29)25-17-9-7-15-23(25)27-19-11-3-5-13-21(19)28(22-14-6-4-12-20(22)27)24-16-8-10-18-26(24)32(2)30/h3-18H,1-2H3. The van der Waals surface area contributed by atoms with Crippen LogP contribution in [0.15, 0.2) is 107 Å². The van der Waals surface area contributed by atoms with Gasteiger partial charge in [-0.3, -0.25) is 8.42 Å². The lowest BCUT2D eigenvalue weighted by Crippen LogP contribution is -1.97. The smallest absolute Gasteiger partial charge is 0.0504 e. The Morgan fingerprint density at radius 3 is 1.03 bits per heavy atom. The van der Waals surface area contributed by atoms with Gasteiger partial charge in [-0.2, -0.15) is 0 Å². The van der Waals surface area contributed by atoms with Crippen LogP contribution in [0.5, 0.6) is 0 Å². The van der Waals surface area contributed by atoms with Crippen molar-refractivity contribution in [2.45, 2.75) is 9.79 Å². The minimum atomic E-state index is -1.12. The molecule has 5 aromatic rings. The Hall–Kier alpha value is -3.08. The lowest BCUT2D eigenvalue weighted by Gasteiger charge is -2.20. The second-order valence-corrected chi connectivity index (χ2v) is 10.4. The summed E-state index contributed by atoms with van der Waals surface area (Å²) in [5.74, 6) is 0. The molecule has 0 saturated carbocycles. The molecular weight excluding hydrogens is 432 g/mol. The summed E-state index contributed by atoms with van der Waals surface area (Å²) in [5.41, 5.74) is 4.14. The molecule has 0 radical (unpaired) electrons. The largest absolute Gasteiger partial charge is 0.255 e. The molecule has 2 nitrogen and oxygen atoms in total. The normalized spacial score (nSPS) is 13.3. The molecule has 0 aliphatic rings. The fraction of sp³-hybridized carbons (Fsp3) is 0.0714. The van der Waals surface area contributed by atoms with Gasteiger partial charge in [0, 0.05) is 22.3 Å². The van der Waals surface area contributed by atoms with E-state index in [2.05, 4.69) is 36.4 Å². The van der Waals surface area contributed by atoms with Gasteiger partial charge in [-0.1, -0.05) is 84.9 Å². The van der Waals surface area contributed by atoms with Crippen molar-refractivity contribution in [3.63, 3.8) is 0 Å². The van der Waals surface area contributed by atoms with Crippen molar-refractivity contribution in [3.8, 4) is 22.3 Å². The summed E-state index contributed by atoms with van der Waals surface area (Å²) in [6.07, 6.45) is 3.45. The van der Waals surface area contributed by atoms with Crippen molar-refractivity contribution in [2.75, 3.05) is 12.5 Å². The van der Waals surface area contributed by atoms with E-state index in [1.165, 1.54) is 0 Å². The SMILES string of the molecule is CS(=O)c1ccccc1-c1c2ccccc2c(-c2ccccc2S(C)=O)c2ccccc12. The van der Waals surface area contributed by atoms with Crippen molar-refractivity contribution < 1.29 is 8.42 Å². The van der Waals surface area contributed by atoms with E-state index in [9.17, 15) is 8.42 Å². The second-order valence-electron chi connectivity index (χ2n) is 7.74. The van der Waals surface area contributed by atoms with E-state index in [4.69, 9.17) is 0 Å². The highest BCUT2D eigenvalue weighted by molar-refractivity contribution is 7.84. The first-order valence-corrected chi connectivity index (χ1v) is 13.5. The van der Waals surface area contributed by atoms with Crippen molar-refractivity contribution in [2.24, 2.45) is 0 Å². The summed E-state index contributed by atoms with van der Waals surface area (Å²) in [5, 5.41) is 4.37. The van der Waals surface area contributed by atoms with Crippen LogP contribution in [0.25, 0.3) is 43.8 Å². The highest BCUT2D eigenvalue weighted by Crippen LogP contribution is 2.45. The quantitative estimate of drug-likeness (QED) is 0.280. The van der Waals surface area contributed by atoms with Crippen LogP contribution < -0.4 is 0 Å². The Balaban J connectivity index is 2.02. The predicted molar refractivity (Wildman–Crippen MR) is 137 cm³/mol. The topological polar surface area (TPSA) is 34.1 Å². The molecule has 158 valence electrons. The van der Waals surface area contributed by atoms with Crippen LogP contribution in [0.2, 0.25) is 0 Å². The number of rotatable bonds is 4. The summed E-state index contributed by atoms with van der Waals surface area (Å²) in [7, 11) is -2.24. The Labute approximate surface area is 192 Å². The third kappa shape index (κ3) is 3.40. The van der Waals surface area contributed by atoms with E-state index < -0.39 is 21.6 Å². The Bertz CT molecular complexity index is 1360. The molecule has 2 unspecified atom stereocenters. The van der Waals surface area contributed by atoms with Crippen LogP contribution >= 0.6 is 0 Å². The predicted octanol–water partition coefficient (Wildman–Crippen LogP) is 6.80. The van der Waals surface area contributed by atoms with Gasteiger partial charge < -0.3 is 0 Å². The van der Waals surface area contributed by atoms with Crippen LogP contribution in [0, 0.1) is 0 Å². The molecule has 0 aliphatic heterocycles. The van der Waals surface area contributed by atoms with Crippen LogP contribution in [-0.2, 0) is 21.6 Å². The van der Waals surface area contributed by atoms with E-state index in [1.54, 1.807) is 12.5 Å². The summed E-state index contributed by atoms with van der Waals surface area (Å²) >= 11 is 0. The Morgan fingerprint density at radius 2 is 0.719 bits per heavy atom. The molecular formula is C28H22O2S2.